The molecule has 1 N–H and O–H groups in total. The molecule has 8 heteroatoms. The summed E-state index contributed by atoms with van der Waals surface area (Å²) in [6.45, 7) is 1.20. The number of benzene rings is 1. The van der Waals surface area contributed by atoms with Crippen LogP contribution in [0.2, 0.25) is 0 Å². The third-order valence-corrected chi connectivity index (χ3v) is 2.28. The normalized spacial score (nSPS) is 12.9. The van der Waals surface area contributed by atoms with Crippen LogP contribution in [-0.4, -0.2) is 23.5 Å². The molecule has 1 atom stereocenters. The number of carbonyl (C=O) groups is 1. The van der Waals surface area contributed by atoms with Crippen LogP contribution in [0.25, 0.3) is 0 Å². The lowest BCUT2D eigenvalue weighted by Crippen LogP contribution is -2.24. The summed E-state index contributed by atoms with van der Waals surface area (Å²) >= 11 is 3.04. The summed E-state index contributed by atoms with van der Waals surface area (Å²) in [6.07, 6.45) is -6.17. The Labute approximate surface area is 108 Å². The Kier molecular flexibility index (Phi) is 4.44. The highest BCUT2D eigenvalue weighted by Gasteiger charge is 2.33. The molecule has 4 nitrogen and oxygen atoms in total. The molecule has 100 valence electrons. The Morgan fingerprint density at radius 2 is 2.00 bits per heavy atom. The van der Waals surface area contributed by atoms with Crippen molar-refractivity contribution in [2.75, 3.05) is 0 Å². The molecule has 0 amide bonds. The quantitative estimate of drug-likeness (QED) is 0.922. The van der Waals surface area contributed by atoms with Crippen molar-refractivity contribution in [3.63, 3.8) is 0 Å². The lowest BCUT2D eigenvalue weighted by Gasteiger charge is -2.16. The Morgan fingerprint density at radius 1 is 1.39 bits per heavy atom. The van der Waals surface area contributed by atoms with Crippen LogP contribution < -0.4 is 9.47 Å². The van der Waals surface area contributed by atoms with Crippen LogP contribution in [0.4, 0.5) is 13.2 Å². The molecule has 0 aliphatic heterocycles. The van der Waals surface area contributed by atoms with E-state index in [1.165, 1.54) is 19.1 Å². The fourth-order valence-corrected chi connectivity index (χ4v) is 1.36. The maximum absolute atomic E-state index is 12.1. The van der Waals surface area contributed by atoms with Gasteiger partial charge in [-0.25, -0.2) is 4.79 Å². The van der Waals surface area contributed by atoms with Gasteiger partial charge in [0.15, 0.2) is 17.6 Å². The van der Waals surface area contributed by atoms with Gasteiger partial charge in [-0.1, -0.05) is 15.9 Å². The van der Waals surface area contributed by atoms with Crippen LogP contribution in [-0.2, 0) is 4.79 Å². The number of aliphatic carboxylic acids is 1. The summed E-state index contributed by atoms with van der Waals surface area (Å²) in [5.74, 6) is -2.21. The second kappa shape index (κ2) is 5.47. The van der Waals surface area contributed by atoms with Gasteiger partial charge in [0.05, 0.1) is 0 Å². The van der Waals surface area contributed by atoms with E-state index >= 15 is 0 Å². The molecule has 0 spiro atoms. The maximum atomic E-state index is 12.1. The first-order valence-corrected chi connectivity index (χ1v) is 5.43. The van der Waals surface area contributed by atoms with E-state index in [-0.39, 0.29) is 5.75 Å². The van der Waals surface area contributed by atoms with Crippen LogP contribution in [0.5, 0.6) is 11.5 Å². The summed E-state index contributed by atoms with van der Waals surface area (Å²) in [5.41, 5.74) is 0. The van der Waals surface area contributed by atoms with Crippen molar-refractivity contribution in [3.05, 3.63) is 22.7 Å². The van der Waals surface area contributed by atoms with Crippen molar-refractivity contribution in [2.24, 2.45) is 0 Å². The smallest absolute Gasteiger partial charge is 0.479 e. The van der Waals surface area contributed by atoms with Gasteiger partial charge in [0.1, 0.15) is 0 Å². The molecule has 1 unspecified atom stereocenters. The standard InChI is InChI=1S/C10H8BrF3O4/c1-5(9(15)16)17-8-4-6(11)2-3-7(8)18-10(12,13)14/h2-5H,1H3,(H,15,16). The minimum Gasteiger partial charge on any atom is -0.479 e. The van der Waals surface area contributed by atoms with Crippen LogP contribution in [0.3, 0.4) is 0 Å². The highest BCUT2D eigenvalue weighted by molar-refractivity contribution is 9.10. The molecule has 1 rings (SSSR count). The number of carboxylic acid groups (broad SMARTS) is 1. The predicted octanol–water partition coefficient (Wildman–Crippen LogP) is 3.20. The number of hydrogen-bond donors (Lipinski definition) is 1. The largest absolute Gasteiger partial charge is 0.573 e. The minimum absolute atomic E-state index is 0.309. The maximum Gasteiger partial charge on any atom is 0.573 e. The average molecular weight is 329 g/mol. The van der Waals surface area contributed by atoms with Crippen molar-refractivity contribution in [2.45, 2.75) is 19.4 Å². The highest BCUT2D eigenvalue weighted by Crippen LogP contribution is 2.35. The number of ether oxygens (including phenoxy) is 2. The number of halogens is 4. The number of hydrogen-bond acceptors (Lipinski definition) is 3. The predicted molar refractivity (Wildman–Crippen MR) is 58.6 cm³/mol. The van der Waals surface area contributed by atoms with E-state index in [9.17, 15) is 18.0 Å². The van der Waals surface area contributed by atoms with Gasteiger partial charge in [-0.2, -0.15) is 0 Å². The zero-order valence-corrected chi connectivity index (χ0v) is 10.6. The van der Waals surface area contributed by atoms with E-state index in [0.29, 0.717) is 4.47 Å². The van der Waals surface area contributed by atoms with Gasteiger partial charge >= 0.3 is 12.3 Å². The van der Waals surface area contributed by atoms with Gasteiger partial charge in [-0.05, 0) is 25.1 Å². The third-order valence-electron chi connectivity index (χ3n) is 1.78. The first-order valence-electron chi connectivity index (χ1n) is 4.64. The Morgan fingerprint density at radius 3 is 2.50 bits per heavy atom. The van der Waals surface area contributed by atoms with Crippen molar-refractivity contribution in [1.29, 1.82) is 0 Å². The van der Waals surface area contributed by atoms with Crippen LogP contribution in [0.15, 0.2) is 22.7 Å². The van der Waals surface area contributed by atoms with E-state index in [1.807, 2.05) is 0 Å². The molecular formula is C10H8BrF3O4. The summed E-state index contributed by atoms with van der Waals surface area (Å²) in [4.78, 5) is 10.6. The molecule has 0 aliphatic carbocycles. The molecular weight excluding hydrogens is 321 g/mol. The zero-order chi connectivity index (χ0) is 13.9. The molecule has 0 aliphatic rings. The van der Waals surface area contributed by atoms with Gasteiger partial charge in [-0.15, -0.1) is 13.2 Å². The zero-order valence-electron chi connectivity index (χ0n) is 8.99. The Balaban J connectivity index is 3.00. The van der Waals surface area contributed by atoms with Crippen molar-refractivity contribution in [3.8, 4) is 11.5 Å². The topological polar surface area (TPSA) is 55.8 Å². The van der Waals surface area contributed by atoms with Crippen LogP contribution >= 0.6 is 15.9 Å². The van der Waals surface area contributed by atoms with Gasteiger partial charge in [0, 0.05) is 4.47 Å². The molecule has 0 fully saturated rings. The van der Waals surface area contributed by atoms with Crippen molar-refractivity contribution in [1.82, 2.24) is 0 Å². The monoisotopic (exact) mass is 328 g/mol. The van der Waals surface area contributed by atoms with Crippen LogP contribution in [0.1, 0.15) is 6.92 Å². The Bertz CT molecular complexity index is 447. The van der Waals surface area contributed by atoms with Gasteiger partial charge in [0.25, 0.3) is 0 Å². The minimum atomic E-state index is -4.88. The molecule has 0 saturated heterocycles. The van der Waals surface area contributed by atoms with Gasteiger partial charge < -0.3 is 14.6 Å². The number of rotatable bonds is 4. The summed E-state index contributed by atoms with van der Waals surface area (Å²) in [6, 6.07) is 3.54. The second-order valence-electron chi connectivity index (χ2n) is 3.24. The number of carboxylic acids is 1. The molecule has 18 heavy (non-hydrogen) atoms. The van der Waals surface area contributed by atoms with Crippen LogP contribution in [0, 0.1) is 0 Å². The molecule has 1 aromatic rings. The van der Waals surface area contributed by atoms with Crippen molar-refractivity contribution < 1.29 is 32.5 Å². The molecule has 0 bridgehead atoms. The first-order chi connectivity index (χ1) is 8.19. The lowest BCUT2D eigenvalue weighted by atomic mass is 10.3. The van der Waals surface area contributed by atoms with Crippen molar-refractivity contribution >= 4 is 21.9 Å². The molecule has 0 saturated carbocycles. The fourth-order valence-electron chi connectivity index (χ4n) is 1.02. The Hall–Kier alpha value is -1.44. The van der Waals surface area contributed by atoms with E-state index in [4.69, 9.17) is 9.84 Å². The van der Waals surface area contributed by atoms with E-state index < -0.39 is 24.2 Å². The van der Waals surface area contributed by atoms with Gasteiger partial charge in [0.2, 0.25) is 0 Å². The summed E-state index contributed by atoms with van der Waals surface area (Å²) in [7, 11) is 0. The lowest BCUT2D eigenvalue weighted by molar-refractivity contribution is -0.275. The van der Waals surface area contributed by atoms with Gasteiger partial charge in [-0.3, -0.25) is 0 Å². The van der Waals surface area contributed by atoms with E-state index in [1.54, 1.807) is 0 Å². The molecule has 1 aromatic carbocycles. The second-order valence-corrected chi connectivity index (χ2v) is 4.15. The average Bonchev–Trinajstić information content (AvgIpc) is 2.20. The molecule has 0 radical (unpaired) electrons. The summed E-state index contributed by atoms with van der Waals surface area (Å²) in [5, 5.41) is 8.64. The third kappa shape index (κ3) is 4.44. The van der Waals surface area contributed by atoms with E-state index in [2.05, 4.69) is 20.7 Å². The highest BCUT2D eigenvalue weighted by atomic mass is 79.9. The van der Waals surface area contributed by atoms with E-state index in [0.717, 1.165) is 6.07 Å². The fraction of sp³-hybridized carbons (Fsp3) is 0.300. The first kappa shape index (κ1) is 14.6. The number of alkyl halides is 3. The summed E-state index contributed by atoms with van der Waals surface area (Å²) < 4.78 is 45.4. The molecule has 0 aromatic heterocycles. The molecule has 0 heterocycles. The SMILES string of the molecule is CC(Oc1cc(Br)ccc1OC(F)(F)F)C(=O)O.